The van der Waals surface area contributed by atoms with Gasteiger partial charge in [0.05, 0.1) is 21.2 Å². The second-order valence-electron chi connectivity index (χ2n) is 5.48. The first-order chi connectivity index (χ1) is 10.0. The van der Waals surface area contributed by atoms with Crippen molar-refractivity contribution in [2.75, 3.05) is 7.11 Å². The summed E-state index contributed by atoms with van der Waals surface area (Å²) in [7, 11) is 5.18. The van der Waals surface area contributed by atoms with Crippen LogP contribution in [-0.2, 0) is 33.1 Å². The van der Waals surface area contributed by atoms with Gasteiger partial charge in [0.2, 0.25) is 0 Å². The van der Waals surface area contributed by atoms with Crippen molar-refractivity contribution < 1.29 is 23.5 Å². The molecule has 21 heavy (non-hydrogen) atoms. The van der Waals surface area contributed by atoms with E-state index in [4.69, 9.17) is 9.39 Å². The summed E-state index contributed by atoms with van der Waals surface area (Å²) in [4.78, 5) is 23.6. The molecule has 1 fully saturated rings. The fourth-order valence-electron chi connectivity index (χ4n) is 3.35. The molecule has 0 bridgehead atoms. The van der Waals surface area contributed by atoms with E-state index in [9.17, 15) is 9.59 Å². The molecule has 2 aromatic rings. The van der Waals surface area contributed by atoms with Gasteiger partial charge in [-0.1, -0.05) is 12.1 Å². The molecule has 0 spiro atoms. The fourth-order valence-corrected chi connectivity index (χ4v) is 3.35. The van der Waals surface area contributed by atoms with Gasteiger partial charge in [-0.3, -0.25) is 18.7 Å². The number of carbonyl (C=O) groups excluding carboxylic acids is 2. The highest BCUT2D eigenvalue weighted by molar-refractivity contribution is 6.73. The van der Waals surface area contributed by atoms with E-state index in [0.717, 1.165) is 16.8 Å². The first kappa shape index (κ1) is 13.7. The fraction of sp³-hybridized carbons (Fsp3) is 0.357. The number of hydrogen-bond acceptors (Lipinski definition) is 4. The summed E-state index contributed by atoms with van der Waals surface area (Å²) in [6, 6.07) is 7.92. The number of aromatic nitrogens is 2. The van der Waals surface area contributed by atoms with E-state index < -0.39 is 12.7 Å². The number of para-hydroxylation sites is 2. The summed E-state index contributed by atoms with van der Waals surface area (Å²) < 4.78 is 14.3. The minimum absolute atomic E-state index is 0.0915. The summed E-state index contributed by atoms with van der Waals surface area (Å²) >= 11 is 0. The number of fused-ring (bicyclic) bond motifs is 1. The molecule has 0 aliphatic carbocycles. The Bertz CT molecular complexity index is 701. The van der Waals surface area contributed by atoms with E-state index in [1.165, 1.54) is 7.11 Å². The van der Waals surface area contributed by atoms with Gasteiger partial charge in [-0.05, 0) is 17.9 Å². The molecule has 0 saturated carbocycles. The number of methoxy groups -OCH3 is 1. The number of imidazole rings is 1. The maximum Gasteiger partial charge on any atom is 0.285 e. The maximum atomic E-state index is 11.9. The second-order valence-corrected chi connectivity index (χ2v) is 5.48. The second kappa shape index (κ2) is 4.91. The van der Waals surface area contributed by atoms with Crippen LogP contribution in [0.25, 0.3) is 11.0 Å². The van der Waals surface area contributed by atoms with Crippen molar-refractivity contribution in [2.45, 2.75) is 12.2 Å². The maximum absolute atomic E-state index is 11.9. The Hall–Kier alpha value is -2.31. The smallest absolute Gasteiger partial charge is 0.285 e. The van der Waals surface area contributed by atoms with Gasteiger partial charge in [0.1, 0.15) is 5.72 Å². The third-order valence-electron chi connectivity index (χ3n) is 4.40. The van der Waals surface area contributed by atoms with Crippen LogP contribution in [0, 0.1) is 0 Å². The van der Waals surface area contributed by atoms with Gasteiger partial charge >= 0.3 is 0 Å². The van der Waals surface area contributed by atoms with Crippen LogP contribution in [0.15, 0.2) is 24.3 Å². The van der Waals surface area contributed by atoms with Crippen molar-refractivity contribution in [1.82, 2.24) is 4.57 Å². The standard InChI is InChI=1S/C14H17BN2O4/c1-16-10-6-4-5-7-11(10)17(2)14(16)15-9(13(19)20-3)8-12(18)21-15/h4-7,9,15H,8H2,1-3H3/t9-,15-/m0/s1. The van der Waals surface area contributed by atoms with Crippen LogP contribution in [-0.4, -0.2) is 30.5 Å². The number of ether oxygens (including phenoxy) is 1. The van der Waals surface area contributed by atoms with Crippen molar-refractivity contribution in [3.8, 4) is 0 Å². The van der Waals surface area contributed by atoms with Gasteiger partial charge in [0, 0.05) is 6.42 Å². The van der Waals surface area contributed by atoms with Crippen molar-refractivity contribution in [2.24, 2.45) is 14.1 Å². The molecule has 3 rings (SSSR count). The van der Waals surface area contributed by atoms with Crippen molar-refractivity contribution >= 4 is 35.6 Å². The summed E-state index contributed by atoms with van der Waals surface area (Å²) in [5.41, 5.74) is 2.93. The topological polar surface area (TPSA) is 61.4 Å². The highest BCUT2D eigenvalue weighted by Crippen LogP contribution is 2.26. The average Bonchev–Trinajstić information content (AvgIpc) is 2.98. The lowest BCUT2D eigenvalue weighted by atomic mass is 9.55. The molecule has 7 heteroatoms. The molecule has 1 aromatic heterocycles. The summed E-state index contributed by atoms with van der Waals surface area (Å²) in [6.07, 6.45) is 0.0915. The van der Waals surface area contributed by atoms with Crippen molar-refractivity contribution in [3.63, 3.8) is 0 Å². The lowest BCUT2D eigenvalue weighted by Crippen LogP contribution is -2.58. The van der Waals surface area contributed by atoms with Crippen LogP contribution in [0.4, 0.5) is 0 Å². The number of hydrogen-bond donors (Lipinski definition) is 0. The minimum Gasteiger partial charge on any atom is -0.680 e. The molecule has 1 aliphatic rings. The molecule has 0 radical (unpaired) electrons. The zero-order valence-corrected chi connectivity index (χ0v) is 12.3. The average molecular weight is 288 g/mol. The lowest BCUT2D eigenvalue weighted by molar-refractivity contribution is -0.627. The summed E-state index contributed by atoms with van der Waals surface area (Å²) in [6.45, 7) is -1.59. The van der Waals surface area contributed by atoms with Gasteiger partial charge in [-0.2, -0.15) is 0 Å². The molecule has 110 valence electrons. The van der Waals surface area contributed by atoms with Crippen molar-refractivity contribution in [3.05, 3.63) is 24.3 Å². The quantitative estimate of drug-likeness (QED) is 0.421. The zero-order chi connectivity index (χ0) is 15.1. The number of carbonyl (C=O) groups is 2. The Labute approximate surface area is 122 Å². The Morgan fingerprint density at radius 1 is 1.48 bits per heavy atom. The number of benzene rings is 1. The third kappa shape index (κ3) is 2.00. The van der Waals surface area contributed by atoms with Gasteiger partial charge in [0.15, 0.2) is 11.0 Å². The SMILES string of the molecule is COC(=O)[C@@H]1CC(=O)O[B@@H-]1c1n(C)c2ccccc2[n+]1C. The molecule has 6 nitrogen and oxygen atoms in total. The monoisotopic (exact) mass is 288 g/mol. The molecule has 1 aliphatic heterocycles. The van der Waals surface area contributed by atoms with E-state index in [2.05, 4.69) is 0 Å². The Balaban J connectivity index is 2.15. The van der Waals surface area contributed by atoms with Crippen LogP contribution in [0.3, 0.4) is 0 Å². The molecule has 0 unspecified atom stereocenters. The summed E-state index contributed by atoms with van der Waals surface area (Å²) in [5, 5.41) is 0. The predicted octanol–water partition coefficient (Wildman–Crippen LogP) is -0.576. The van der Waals surface area contributed by atoms with E-state index in [-0.39, 0.29) is 18.4 Å². The molecular formula is C14H17BN2O4. The van der Waals surface area contributed by atoms with Crippen LogP contribution < -0.4 is 10.3 Å². The molecule has 0 amide bonds. The predicted molar refractivity (Wildman–Crippen MR) is 77.4 cm³/mol. The largest absolute Gasteiger partial charge is 0.680 e. The lowest BCUT2D eigenvalue weighted by Gasteiger charge is -2.19. The first-order valence-corrected chi connectivity index (χ1v) is 6.94. The number of nitrogens with zero attached hydrogens (tertiary/aromatic N) is 2. The van der Waals surface area contributed by atoms with E-state index >= 15 is 0 Å². The van der Waals surface area contributed by atoms with E-state index in [1.807, 2.05) is 47.5 Å². The van der Waals surface area contributed by atoms with Gasteiger partial charge in [-0.15, -0.1) is 0 Å². The molecule has 0 N–H and O–H groups in total. The van der Waals surface area contributed by atoms with Crippen molar-refractivity contribution in [1.29, 1.82) is 0 Å². The zero-order valence-electron chi connectivity index (χ0n) is 12.3. The Morgan fingerprint density at radius 3 is 2.86 bits per heavy atom. The van der Waals surface area contributed by atoms with E-state index in [1.54, 1.807) is 0 Å². The van der Waals surface area contributed by atoms with Crippen LogP contribution in [0.2, 0.25) is 5.82 Å². The van der Waals surface area contributed by atoms with Gasteiger partial charge in [0.25, 0.3) is 18.9 Å². The first-order valence-electron chi connectivity index (χ1n) is 6.94. The van der Waals surface area contributed by atoms with Crippen LogP contribution in [0.1, 0.15) is 6.42 Å². The molecule has 1 saturated heterocycles. The molecule has 2 heterocycles. The molecular weight excluding hydrogens is 271 g/mol. The van der Waals surface area contributed by atoms with Gasteiger partial charge in [-0.25, -0.2) is 0 Å². The van der Waals surface area contributed by atoms with Gasteiger partial charge < -0.3 is 9.39 Å². The molecule has 2 atom stereocenters. The number of rotatable bonds is 2. The number of aryl methyl sites for hydroxylation is 2. The Kier molecular flexibility index (Phi) is 3.20. The number of esters is 1. The minimum atomic E-state index is -1.59. The van der Waals surface area contributed by atoms with Crippen LogP contribution in [0.5, 0.6) is 0 Å². The van der Waals surface area contributed by atoms with E-state index in [0.29, 0.717) is 0 Å². The Morgan fingerprint density at radius 2 is 2.19 bits per heavy atom. The van der Waals surface area contributed by atoms with Crippen LogP contribution >= 0.6 is 0 Å². The normalized spacial score (nSPS) is 21.6. The summed E-state index contributed by atoms with van der Waals surface area (Å²) in [5.74, 6) is -1.24. The third-order valence-corrected chi connectivity index (χ3v) is 4.40. The highest BCUT2D eigenvalue weighted by Gasteiger charge is 2.42. The molecule has 1 aromatic carbocycles. The highest BCUT2D eigenvalue weighted by atomic mass is 16.5.